The highest BCUT2D eigenvalue weighted by Gasteiger charge is 2.37. The molecule has 2 saturated carbocycles. The predicted molar refractivity (Wildman–Crippen MR) is 115 cm³/mol. The lowest BCUT2D eigenvalue weighted by atomic mass is 9.87. The van der Waals surface area contributed by atoms with Crippen molar-refractivity contribution in [1.29, 1.82) is 0 Å². The van der Waals surface area contributed by atoms with E-state index in [2.05, 4.69) is 10.6 Å². The van der Waals surface area contributed by atoms with Crippen LogP contribution in [0.4, 0.5) is 0 Å². The molecule has 1 atom stereocenters. The topological polar surface area (TPSA) is 78.5 Å². The summed E-state index contributed by atoms with van der Waals surface area (Å²) in [5.41, 5.74) is 1.66. The van der Waals surface area contributed by atoms with E-state index in [4.69, 9.17) is 0 Å². The third-order valence-electron chi connectivity index (χ3n) is 6.83. The predicted octanol–water partition coefficient (Wildman–Crippen LogP) is 2.80. The van der Waals surface area contributed by atoms with Gasteiger partial charge in [0.15, 0.2) is 0 Å². The summed E-state index contributed by atoms with van der Waals surface area (Å²) >= 11 is 0. The Labute approximate surface area is 178 Å². The third kappa shape index (κ3) is 5.02. The Morgan fingerprint density at radius 1 is 0.933 bits per heavy atom. The van der Waals surface area contributed by atoms with Crippen molar-refractivity contribution in [2.75, 3.05) is 13.1 Å². The molecule has 6 nitrogen and oxygen atoms in total. The monoisotopic (exact) mass is 411 g/mol. The number of rotatable bonds is 6. The second-order valence-corrected chi connectivity index (χ2v) is 9.24. The molecule has 0 unspecified atom stereocenters. The van der Waals surface area contributed by atoms with Crippen molar-refractivity contribution in [1.82, 2.24) is 15.5 Å². The molecule has 3 fully saturated rings. The number of amides is 3. The molecule has 6 heteroatoms. The number of likely N-dealkylation sites (tertiary alicyclic amines) is 1. The molecule has 3 aliphatic rings. The van der Waals surface area contributed by atoms with Gasteiger partial charge in [0.1, 0.15) is 6.04 Å². The first kappa shape index (κ1) is 20.9. The molecule has 1 aromatic carbocycles. The van der Waals surface area contributed by atoms with Crippen molar-refractivity contribution < 1.29 is 14.4 Å². The lowest BCUT2D eigenvalue weighted by molar-refractivity contribution is -0.137. The van der Waals surface area contributed by atoms with Crippen LogP contribution in [-0.2, 0) is 9.59 Å². The molecule has 30 heavy (non-hydrogen) atoms. The second kappa shape index (κ2) is 9.19. The quantitative estimate of drug-likeness (QED) is 0.756. The van der Waals surface area contributed by atoms with Crippen LogP contribution < -0.4 is 10.6 Å². The van der Waals surface area contributed by atoms with Crippen LogP contribution in [0.15, 0.2) is 24.3 Å². The van der Waals surface area contributed by atoms with Crippen LogP contribution in [0.2, 0.25) is 0 Å². The fraction of sp³-hybridized carbons (Fsp3) is 0.625. The van der Waals surface area contributed by atoms with E-state index in [1.165, 1.54) is 0 Å². The summed E-state index contributed by atoms with van der Waals surface area (Å²) < 4.78 is 0. The lowest BCUT2D eigenvalue weighted by Gasteiger charge is -2.36. The molecule has 2 aliphatic carbocycles. The molecular formula is C24H33N3O3. The summed E-state index contributed by atoms with van der Waals surface area (Å²) in [5.74, 6) is 0.227. The average molecular weight is 412 g/mol. The maximum Gasteiger partial charge on any atom is 0.251 e. The zero-order valence-electron chi connectivity index (χ0n) is 17.9. The van der Waals surface area contributed by atoms with Gasteiger partial charge in [0.2, 0.25) is 11.8 Å². The molecular weight excluding hydrogens is 378 g/mol. The highest BCUT2D eigenvalue weighted by atomic mass is 16.2. The fourth-order valence-corrected chi connectivity index (χ4v) is 4.73. The maximum atomic E-state index is 12.9. The fourth-order valence-electron chi connectivity index (χ4n) is 4.73. The first-order chi connectivity index (χ1) is 14.5. The number of carbonyl (C=O) groups excluding carboxylic acids is 3. The summed E-state index contributed by atoms with van der Waals surface area (Å²) in [6.45, 7) is 3.33. The molecule has 1 saturated heterocycles. The van der Waals surface area contributed by atoms with Gasteiger partial charge in [0.25, 0.3) is 5.91 Å². The zero-order chi connectivity index (χ0) is 21.1. The Morgan fingerprint density at radius 3 is 2.17 bits per heavy atom. The number of nitrogens with one attached hydrogen (secondary N) is 2. The van der Waals surface area contributed by atoms with Gasteiger partial charge in [-0.25, -0.2) is 0 Å². The number of nitrogens with zero attached hydrogens (tertiary/aromatic N) is 1. The molecule has 0 spiro atoms. The zero-order valence-corrected chi connectivity index (χ0v) is 17.9. The van der Waals surface area contributed by atoms with E-state index >= 15 is 0 Å². The van der Waals surface area contributed by atoms with Crippen molar-refractivity contribution >= 4 is 17.7 Å². The van der Waals surface area contributed by atoms with Crippen LogP contribution in [0.1, 0.15) is 67.3 Å². The molecule has 1 aromatic rings. The van der Waals surface area contributed by atoms with Crippen molar-refractivity contribution in [2.45, 2.75) is 70.4 Å². The van der Waals surface area contributed by atoms with Gasteiger partial charge in [-0.15, -0.1) is 0 Å². The Morgan fingerprint density at radius 2 is 1.57 bits per heavy atom. The molecule has 4 rings (SSSR count). The highest BCUT2D eigenvalue weighted by molar-refractivity contribution is 5.97. The van der Waals surface area contributed by atoms with E-state index in [1.807, 2.05) is 24.0 Å². The van der Waals surface area contributed by atoms with Gasteiger partial charge < -0.3 is 15.5 Å². The number of benzene rings is 1. The van der Waals surface area contributed by atoms with Crippen molar-refractivity contribution in [3.8, 4) is 0 Å². The summed E-state index contributed by atoms with van der Waals surface area (Å²) in [6.07, 6.45) is 7.85. The Hall–Kier alpha value is -2.37. The van der Waals surface area contributed by atoms with Crippen LogP contribution in [0.5, 0.6) is 0 Å². The SMILES string of the molecule is Cc1ccc(C(=O)N[C@H](C(=O)NC2CC2)C2CCN(C(=O)C3CCCC3)CC2)cc1. The van der Waals surface area contributed by atoms with E-state index in [1.54, 1.807) is 12.1 Å². The smallest absolute Gasteiger partial charge is 0.251 e. The molecule has 1 aliphatic heterocycles. The third-order valence-corrected chi connectivity index (χ3v) is 6.83. The summed E-state index contributed by atoms with van der Waals surface area (Å²) in [5, 5.41) is 6.06. The van der Waals surface area contributed by atoms with Gasteiger partial charge in [-0.1, -0.05) is 30.5 Å². The van der Waals surface area contributed by atoms with Crippen molar-refractivity contribution in [3.05, 3.63) is 35.4 Å². The van der Waals surface area contributed by atoms with Gasteiger partial charge in [0, 0.05) is 30.6 Å². The summed E-state index contributed by atoms with van der Waals surface area (Å²) in [7, 11) is 0. The first-order valence-electron chi connectivity index (χ1n) is 11.5. The number of aryl methyl sites for hydroxylation is 1. The van der Waals surface area contributed by atoms with E-state index in [9.17, 15) is 14.4 Å². The minimum absolute atomic E-state index is 0.0470. The molecule has 0 aromatic heterocycles. The van der Waals surface area contributed by atoms with Crippen molar-refractivity contribution in [2.24, 2.45) is 11.8 Å². The molecule has 0 radical (unpaired) electrons. The van der Waals surface area contributed by atoms with Gasteiger partial charge in [-0.3, -0.25) is 14.4 Å². The second-order valence-electron chi connectivity index (χ2n) is 9.24. The van der Waals surface area contributed by atoms with E-state index in [0.717, 1.165) is 56.9 Å². The van der Waals surface area contributed by atoms with Gasteiger partial charge in [0.05, 0.1) is 0 Å². The number of piperidine rings is 1. The van der Waals surface area contributed by atoms with Gasteiger partial charge in [-0.05, 0) is 63.5 Å². The normalized spacial score (nSPS) is 21.3. The Kier molecular flexibility index (Phi) is 6.40. The molecule has 1 heterocycles. The van der Waals surface area contributed by atoms with Crippen molar-refractivity contribution in [3.63, 3.8) is 0 Å². The van der Waals surface area contributed by atoms with Crippen LogP contribution in [0, 0.1) is 18.8 Å². The largest absolute Gasteiger partial charge is 0.352 e. The first-order valence-corrected chi connectivity index (χ1v) is 11.5. The summed E-state index contributed by atoms with van der Waals surface area (Å²) in [6, 6.07) is 7.10. The molecule has 3 amide bonds. The molecule has 162 valence electrons. The lowest BCUT2D eigenvalue weighted by Crippen LogP contribution is -2.54. The van der Waals surface area contributed by atoms with Gasteiger partial charge in [-0.2, -0.15) is 0 Å². The maximum absolute atomic E-state index is 12.9. The molecule has 0 bridgehead atoms. The van der Waals surface area contributed by atoms with Crippen LogP contribution >= 0.6 is 0 Å². The highest BCUT2D eigenvalue weighted by Crippen LogP contribution is 2.29. The van der Waals surface area contributed by atoms with E-state index in [-0.39, 0.29) is 35.6 Å². The number of hydrogen-bond donors (Lipinski definition) is 2. The Bertz CT molecular complexity index is 773. The summed E-state index contributed by atoms with van der Waals surface area (Å²) in [4.78, 5) is 40.4. The molecule has 2 N–H and O–H groups in total. The minimum atomic E-state index is -0.553. The van der Waals surface area contributed by atoms with Crippen LogP contribution in [-0.4, -0.2) is 47.8 Å². The minimum Gasteiger partial charge on any atom is -0.352 e. The average Bonchev–Trinajstić information content (AvgIpc) is 3.40. The van der Waals surface area contributed by atoms with Gasteiger partial charge >= 0.3 is 0 Å². The van der Waals surface area contributed by atoms with E-state index < -0.39 is 6.04 Å². The van der Waals surface area contributed by atoms with Crippen LogP contribution in [0.25, 0.3) is 0 Å². The standard InChI is InChI=1S/C24H33N3O3/c1-16-6-8-18(9-7-16)22(28)26-21(23(29)25-20-10-11-20)17-12-14-27(15-13-17)24(30)19-4-2-3-5-19/h6-9,17,19-21H,2-5,10-15H2,1H3,(H,25,29)(H,26,28)/t21-/m0/s1. The number of carbonyl (C=O) groups is 3. The van der Waals surface area contributed by atoms with E-state index in [0.29, 0.717) is 18.7 Å². The number of hydrogen-bond acceptors (Lipinski definition) is 3. The van der Waals surface area contributed by atoms with Crippen LogP contribution in [0.3, 0.4) is 0 Å². The Balaban J connectivity index is 1.39.